The molecule has 0 heterocycles. The van der Waals surface area contributed by atoms with Crippen molar-refractivity contribution in [2.45, 2.75) is 26.2 Å². The second-order valence-electron chi connectivity index (χ2n) is 4.93. The normalized spacial score (nSPS) is 21.1. The highest BCUT2D eigenvalue weighted by Gasteiger charge is 2.30. The molecule has 0 spiro atoms. The van der Waals surface area contributed by atoms with Gasteiger partial charge < -0.3 is 4.74 Å². The first-order chi connectivity index (χ1) is 8.24. The summed E-state index contributed by atoms with van der Waals surface area (Å²) in [5.74, 6) is 0.923. The maximum atomic E-state index is 12.4. The van der Waals surface area contributed by atoms with Gasteiger partial charge in [-0.15, -0.1) is 0 Å². The Bertz CT molecular complexity index is 398. The van der Waals surface area contributed by atoms with Crippen LogP contribution in [0.2, 0.25) is 0 Å². The lowest BCUT2D eigenvalue weighted by atomic mass is 9.76. The second-order valence-corrected chi connectivity index (χ2v) is 4.93. The molecule has 0 aliphatic heterocycles. The summed E-state index contributed by atoms with van der Waals surface area (Å²) in [6.07, 6.45) is 2.99. The third kappa shape index (κ3) is 2.58. The van der Waals surface area contributed by atoms with Crippen LogP contribution in [0.5, 0.6) is 0 Å². The van der Waals surface area contributed by atoms with Crippen molar-refractivity contribution < 1.29 is 9.53 Å². The number of hydrogen-bond donors (Lipinski definition) is 0. The summed E-state index contributed by atoms with van der Waals surface area (Å²) in [5.41, 5.74) is 2.15. The monoisotopic (exact) mass is 232 g/mol. The number of benzene rings is 1. The molecular formula is C15H20O2. The fourth-order valence-corrected chi connectivity index (χ4v) is 2.67. The van der Waals surface area contributed by atoms with Crippen LogP contribution in [0, 0.1) is 11.8 Å². The largest absolute Gasteiger partial charge is 0.385 e. The average Bonchev–Trinajstić information content (AvgIpc) is 2.37. The molecule has 0 radical (unpaired) electrons. The van der Waals surface area contributed by atoms with Gasteiger partial charge in [-0.2, -0.15) is 0 Å². The molecule has 1 aromatic carbocycles. The van der Waals surface area contributed by atoms with Crippen molar-refractivity contribution in [2.24, 2.45) is 11.8 Å². The molecule has 0 saturated heterocycles. The van der Waals surface area contributed by atoms with Crippen molar-refractivity contribution in [2.75, 3.05) is 13.7 Å². The Morgan fingerprint density at radius 2 is 2.18 bits per heavy atom. The van der Waals surface area contributed by atoms with E-state index in [0.717, 1.165) is 31.4 Å². The first kappa shape index (κ1) is 12.3. The van der Waals surface area contributed by atoms with E-state index >= 15 is 0 Å². The van der Waals surface area contributed by atoms with E-state index in [1.54, 1.807) is 7.11 Å². The van der Waals surface area contributed by atoms with Crippen LogP contribution in [0.1, 0.15) is 35.7 Å². The Morgan fingerprint density at radius 3 is 2.94 bits per heavy atom. The summed E-state index contributed by atoms with van der Waals surface area (Å²) in [7, 11) is 1.71. The fraction of sp³-hybridized carbons (Fsp3) is 0.533. The van der Waals surface area contributed by atoms with Crippen LogP contribution in [-0.2, 0) is 11.2 Å². The van der Waals surface area contributed by atoms with E-state index < -0.39 is 0 Å². The smallest absolute Gasteiger partial charge is 0.166 e. The number of carbonyl (C=O) groups is 1. The number of ketones is 1. The zero-order chi connectivity index (χ0) is 12.3. The van der Waals surface area contributed by atoms with Crippen molar-refractivity contribution in [3.63, 3.8) is 0 Å². The number of ether oxygens (including phenoxy) is 1. The van der Waals surface area contributed by atoms with Crippen molar-refractivity contribution in [3.8, 4) is 0 Å². The first-order valence-electron chi connectivity index (χ1n) is 6.35. The molecule has 2 atom stereocenters. The number of carbonyl (C=O) groups excluding carboxylic acids is 1. The fourth-order valence-electron chi connectivity index (χ4n) is 2.67. The molecular weight excluding hydrogens is 212 g/mol. The van der Waals surface area contributed by atoms with Gasteiger partial charge in [-0.3, -0.25) is 4.79 Å². The molecule has 0 fully saturated rings. The van der Waals surface area contributed by atoms with Crippen LogP contribution in [0.3, 0.4) is 0 Å². The van der Waals surface area contributed by atoms with Gasteiger partial charge in [0.05, 0.1) is 0 Å². The minimum Gasteiger partial charge on any atom is -0.385 e. The third-order valence-corrected chi connectivity index (χ3v) is 3.81. The predicted molar refractivity (Wildman–Crippen MR) is 68.2 cm³/mol. The highest BCUT2D eigenvalue weighted by Crippen LogP contribution is 2.31. The van der Waals surface area contributed by atoms with Crippen LogP contribution >= 0.6 is 0 Å². The van der Waals surface area contributed by atoms with Gasteiger partial charge in [-0.25, -0.2) is 0 Å². The van der Waals surface area contributed by atoms with Crippen molar-refractivity contribution in [1.82, 2.24) is 0 Å². The van der Waals surface area contributed by atoms with E-state index in [-0.39, 0.29) is 5.92 Å². The Labute approximate surface area is 103 Å². The zero-order valence-corrected chi connectivity index (χ0v) is 10.6. The van der Waals surface area contributed by atoms with Gasteiger partial charge in [0.15, 0.2) is 5.78 Å². The van der Waals surface area contributed by atoms with Crippen LogP contribution in [0.25, 0.3) is 0 Å². The number of hydrogen-bond acceptors (Lipinski definition) is 2. The quantitative estimate of drug-likeness (QED) is 0.797. The molecule has 1 aliphatic carbocycles. The Kier molecular flexibility index (Phi) is 3.95. The number of methoxy groups -OCH3 is 1. The van der Waals surface area contributed by atoms with Crippen molar-refractivity contribution in [3.05, 3.63) is 35.4 Å². The number of aryl methyl sites for hydroxylation is 1. The van der Waals surface area contributed by atoms with Gasteiger partial charge >= 0.3 is 0 Å². The van der Waals surface area contributed by atoms with E-state index in [4.69, 9.17) is 4.74 Å². The molecule has 0 N–H and O–H groups in total. The van der Waals surface area contributed by atoms with Crippen LogP contribution in [-0.4, -0.2) is 19.5 Å². The lowest BCUT2D eigenvalue weighted by Crippen LogP contribution is -2.28. The van der Waals surface area contributed by atoms with Gasteiger partial charge in [0.2, 0.25) is 0 Å². The minimum absolute atomic E-state index is 0.181. The summed E-state index contributed by atoms with van der Waals surface area (Å²) in [5, 5.41) is 0. The summed E-state index contributed by atoms with van der Waals surface area (Å²) < 4.78 is 5.10. The maximum Gasteiger partial charge on any atom is 0.166 e. The Hall–Kier alpha value is -1.15. The van der Waals surface area contributed by atoms with E-state index in [9.17, 15) is 4.79 Å². The highest BCUT2D eigenvalue weighted by molar-refractivity contribution is 6.00. The molecule has 92 valence electrons. The van der Waals surface area contributed by atoms with Crippen molar-refractivity contribution >= 4 is 5.78 Å². The maximum absolute atomic E-state index is 12.4. The molecule has 0 amide bonds. The van der Waals surface area contributed by atoms with Gasteiger partial charge in [0, 0.05) is 25.2 Å². The molecule has 2 rings (SSSR count). The zero-order valence-electron chi connectivity index (χ0n) is 10.6. The molecule has 1 aliphatic rings. The Balaban J connectivity index is 2.11. The van der Waals surface area contributed by atoms with Crippen molar-refractivity contribution in [1.29, 1.82) is 0 Å². The predicted octanol–water partition coefficient (Wildman–Crippen LogP) is 3.10. The first-order valence-corrected chi connectivity index (χ1v) is 6.35. The van der Waals surface area contributed by atoms with E-state index in [1.165, 1.54) is 5.56 Å². The summed E-state index contributed by atoms with van der Waals surface area (Å²) in [6.45, 7) is 2.90. The van der Waals surface area contributed by atoms with Gasteiger partial charge in [-0.05, 0) is 30.7 Å². The average molecular weight is 232 g/mol. The standard InChI is InChI=1S/C15H20O2/c1-11(9-10-17-2)13-8-7-12-5-3-4-6-14(12)15(13)16/h3-6,11,13H,7-10H2,1-2H3. The molecule has 17 heavy (non-hydrogen) atoms. The molecule has 0 aromatic heterocycles. The van der Waals surface area contributed by atoms with Crippen LogP contribution in [0.4, 0.5) is 0 Å². The second kappa shape index (κ2) is 5.46. The molecule has 0 saturated carbocycles. The molecule has 0 bridgehead atoms. The van der Waals surface area contributed by atoms with E-state index in [1.807, 2.05) is 18.2 Å². The van der Waals surface area contributed by atoms with E-state index in [2.05, 4.69) is 13.0 Å². The number of fused-ring (bicyclic) bond motifs is 1. The SMILES string of the molecule is COCCC(C)C1CCc2ccccc2C1=O. The summed E-state index contributed by atoms with van der Waals surface area (Å²) in [6, 6.07) is 8.01. The van der Waals surface area contributed by atoms with Crippen LogP contribution in [0.15, 0.2) is 24.3 Å². The molecule has 2 unspecified atom stereocenters. The van der Waals surface area contributed by atoms with Gasteiger partial charge in [0.1, 0.15) is 0 Å². The number of rotatable bonds is 4. The molecule has 1 aromatic rings. The lowest BCUT2D eigenvalue weighted by Gasteiger charge is -2.28. The lowest BCUT2D eigenvalue weighted by molar-refractivity contribution is 0.0827. The topological polar surface area (TPSA) is 26.3 Å². The Morgan fingerprint density at radius 1 is 1.41 bits per heavy atom. The molecule has 2 nitrogen and oxygen atoms in total. The van der Waals surface area contributed by atoms with Crippen LogP contribution < -0.4 is 0 Å². The summed E-state index contributed by atoms with van der Waals surface area (Å²) >= 11 is 0. The van der Waals surface area contributed by atoms with Gasteiger partial charge in [-0.1, -0.05) is 31.2 Å². The van der Waals surface area contributed by atoms with E-state index in [0.29, 0.717) is 11.7 Å². The third-order valence-electron chi connectivity index (χ3n) is 3.81. The van der Waals surface area contributed by atoms with Gasteiger partial charge in [0.25, 0.3) is 0 Å². The highest BCUT2D eigenvalue weighted by atomic mass is 16.5. The molecule has 2 heteroatoms. The minimum atomic E-state index is 0.181. The summed E-state index contributed by atoms with van der Waals surface area (Å²) in [4.78, 5) is 12.4. The number of Topliss-reactive ketones (excluding diaryl/α,β-unsaturated/α-hetero) is 1.